The second-order valence-electron chi connectivity index (χ2n) is 7.87. The Morgan fingerprint density at radius 2 is 1.63 bits per heavy atom. The lowest BCUT2D eigenvalue weighted by molar-refractivity contribution is -0.159. The SMILES string of the molecule is CCc1nc2ccccc2c(NC(=O)CNCCc2c[nH]c3ccccc23)c1C.O=C(O)C(=O)O. The monoisotopic (exact) mass is 476 g/mol. The minimum atomic E-state index is -1.82. The predicted octanol–water partition coefficient (Wildman–Crippen LogP) is 3.51. The van der Waals surface area contributed by atoms with Crippen molar-refractivity contribution < 1.29 is 24.6 Å². The van der Waals surface area contributed by atoms with Crippen molar-refractivity contribution in [1.29, 1.82) is 0 Å². The molecule has 0 radical (unpaired) electrons. The Kier molecular flexibility index (Phi) is 8.53. The maximum absolute atomic E-state index is 12.6. The molecule has 0 spiro atoms. The van der Waals surface area contributed by atoms with Crippen LogP contribution in [0.15, 0.2) is 54.7 Å². The Morgan fingerprint density at radius 3 is 2.31 bits per heavy atom. The van der Waals surface area contributed by atoms with Crippen LogP contribution in [0.3, 0.4) is 0 Å². The van der Waals surface area contributed by atoms with Crippen molar-refractivity contribution in [3.05, 3.63) is 71.5 Å². The molecule has 1 amide bonds. The lowest BCUT2D eigenvalue weighted by Gasteiger charge is -2.15. The van der Waals surface area contributed by atoms with Crippen molar-refractivity contribution in [2.24, 2.45) is 0 Å². The number of nitrogens with zero attached hydrogens (tertiary/aromatic N) is 1. The number of benzene rings is 2. The molecule has 0 saturated heterocycles. The fourth-order valence-corrected chi connectivity index (χ4v) is 3.81. The molecule has 0 aliphatic heterocycles. The van der Waals surface area contributed by atoms with Gasteiger partial charge in [-0.15, -0.1) is 0 Å². The van der Waals surface area contributed by atoms with Crippen molar-refractivity contribution in [2.45, 2.75) is 26.7 Å². The fourth-order valence-electron chi connectivity index (χ4n) is 3.81. The molecule has 182 valence electrons. The smallest absolute Gasteiger partial charge is 0.414 e. The summed E-state index contributed by atoms with van der Waals surface area (Å²) in [6.45, 7) is 5.13. The normalized spacial score (nSPS) is 10.6. The number of aromatic nitrogens is 2. The van der Waals surface area contributed by atoms with Gasteiger partial charge in [-0.3, -0.25) is 9.78 Å². The van der Waals surface area contributed by atoms with Crippen molar-refractivity contribution in [3.8, 4) is 0 Å². The van der Waals surface area contributed by atoms with E-state index in [-0.39, 0.29) is 12.5 Å². The Balaban J connectivity index is 0.000000509. The van der Waals surface area contributed by atoms with Gasteiger partial charge in [0.15, 0.2) is 0 Å². The quantitative estimate of drug-likeness (QED) is 0.203. The Hall–Kier alpha value is -4.24. The number of pyridine rings is 1. The van der Waals surface area contributed by atoms with E-state index in [0.29, 0.717) is 0 Å². The van der Waals surface area contributed by atoms with Gasteiger partial charge in [0.25, 0.3) is 0 Å². The molecule has 9 heteroatoms. The fraction of sp³-hybridized carbons (Fsp3) is 0.231. The molecule has 9 nitrogen and oxygen atoms in total. The number of aliphatic carboxylic acids is 2. The van der Waals surface area contributed by atoms with E-state index in [4.69, 9.17) is 24.8 Å². The average molecular weight is 477 g/mol. The standard InChI is InChI=1S/C24H26N4O.C2H2O4/c1-3-20-16(2)24(19-9-5-7-11-22(19)27-20)28-23(29)15-25-13-12-17-14-26-21-10-6-4-8-18(17)21;3-1(4)2(5)6/h4-11,14,25-26H,3,12-13,15H2,1-2H3,(H,27,28,29);(H,3,4)(H,5,6). The van der Waals surface area contributed by atoms with Crippen molar-refractivity contribution in [3.63, 3.8) is 0 Å². The van der Waals surface area contributed by atoms with Crippen LogP contribution in [-0.4, -0.2) is 51.1 Å². The molecule has 5 N–H and O–H groups in total. The van der Waals surface area contributed by atoms with Gasteiger partial charge in [-0.05, 0) is 49.6 Å². The highest BCUT2D eigenvalue weighted by Crippen LogP contribution is 2.28. The van der Waals surface area contributed by atoms with Crippen molar-refractivity contribution in [1.82, 2.24) is 15.3 Å². The van der Waals surface area contributed by atoms with Gasteiger partial charge in [-0.1, -0.05) is 43.3 Å². The van der Waals surface area contributed by atoms with Gasteiger partial charge in [-0.25, -0.2) is 9.59 Å². The first kappa shape index (κ1) is 25.4. The van der Waals surface area contributed by atoms with Crippen LogP contribution in [0.25, 0.3) is 21.8 Å². The molecular weight excluding hydrogens is 448 g/mol. The number of carbonyl (C=O) groups excluding carboxylic acids is 1. The Labute approximate surface area is 202 Å². The number of fused-ring (bicyclic) bond motifs is 2. The summed E-state index contributed by atoms with van der Waals surface area (Å²) in [4.78, 5) is 38.8. The van der Waals surface area contributed by atoms with E-state index in [2.05, 4.69) is 34.7 Å². The zero-order valence-electron chi connectivity index (χ0n) is 19.6. The van der Waals surface area contributed by atoms with E-state index >= 15 is 0 Å². The summed E-state index contributed by atoms with van der Waals surface area (Å²) in [5.41, 5.74) is 6.25. The molecule has 0 atom stereocenters. The third-order valence-electron chi connectivity index (χ3n) is 5.55. The summed E-state index contributed by atoms with van der Waals surface area (Å²) in [5, 5.41) is 23.4. The van der Waals surface area contributed by atoms with Gasteiger partial charge in [0.05, 0.1) is 17.7 Å². The maximum atomic E-state index is 12.6. The number of hydrogen-bond donors (Lipinski definition) is 5. The lowest BCUT2D eigenvalue weighted by Crippen LogP contribution is -2.30. The number of aryl methyl sites for hydroxylation is 1. The highest BCUT2D eigenvalue weighted by Gasteiger charge is 2.13. The molecule has 0 fully saturated rings. The number of rotatable bonds is 7. The number of H-pyrrole nitrogens is 1. The summed E-state index contributed by atoms with van der Waals surface area (Å²) in [5.74, 6) is -3.68. The molecule has 2 heterocycles. The van der Waals surface area contributed by atoms with Crippen LogP contribution in [-0.2, 0) is 27.2 Å². The summed E-state index contributed by atoms with van der Waals surface area (Å²) >= 11 is 0. The minimum Gasteiger partial charge on any atom is -0.473 e. The van der Waals surface area contributed by atoms with Gasteiger partial charge in [0.1, 0.15) is 0 Å². The molecule has 0 aliphatic carbocycles. The van der Waals surface area contributed by atoms with Crippen LogP contribution in [0.2, 0.25) is 0 Å². The molecular formula is C26H28N4O5. The topological polar surface area (TPSA) is 144 Å². The number of hydrogen-bond acceptors (Lipinski definition) is 5. The van der Waals surface area contributed by atoms with Crippen LogP contribution in [0.1, 0.15) is 23.7 Å². The van der Waals surface area contributed by atoms with Crippen LogP contribution in [0.4, 0.5) is 5.69 Å². The zero-order chi connectivity index (χ0) is 25.4. The minimum absolute atomic E-state index is 0.0366. The second kappa shape index (κ2) is 11.8. The molecule has 2 aromatic heterocycles. The first-order valence-corrected chi connectivity index (χ1v) is 11.2. The van der Waals surface area contributed by atoms with Crippen LogP contribution in [0.5, 0.6) is 0 Å². The third kappa shape index (κ3) is 6.42. The summed E-state index contributed by atoms with van der Waals surface area (Å²) < 4.78 is 0. The summed E-state index contributed by atoms with van der Waals surface area (Å²) in [7, 11) is 0. The largest absolute Gasteiger partial charge is 0.473 e. The number of para-hydroxylation sites is 2. The number of carbonyl (C=O) groups is 3. The number of anilines is 1. The van der Waals surface area contributed by atoms with Crippen molar-refractivity contribution >= 4 is 45.3 Å². The maximum Gasteiger partial charge on any atom is 0.414 e. The number of carboxylic acids is 2. The molecule has 0 unspecified atom stereocenters. The Bertz CT molecular complexity index is 1350. The molecule has 0 aliphatic rings. The van der Waals surface area contributed by atoms with Gasteiger partial charge >= 0.3 is 11.9 Å². The van der Waals surface area contributed by atoms with E-state index < -0.39 is 11.9 Å². The van der Waals surface area contributed by atoms with Crippen LogP contribution in [0, 0.1) is 6.92 Å². The van der Waals surface area contributed by atoms with E-state index in [1.54, 1.807) is 0 Å². The summed E-state index contributed by atoms with van der Waals surface area (Å²) in [6.07, 6.45) is 3.75. The Morgan fingerprint density at radius 1 is 0.971 bits per heavy atom. The number of amides is 1. The highest BCUT2D eigenvalue weighted by atomic mass is 16.4. The molecule has 2 aromatic carbocycles. The molecule has 4 rings (SSSR count). The van der Waals surface area contributed by atoms with Crippen molar-refractivity contribution in [2.75, 3.05) is 18.4 Å². The van der Waals surface area contributed by atoms with Gasteiger partial charge < -0.3 is 25.8 Å². The first-order valence-electron chi connectivity index (χ1n) is 11.2. The number of nitrogens with one attached hydrogen (secondary N) is 3. The third-order valence-corrected chi connectivity index (χ3v) is 5.55. The van der Waals surface area contributed by atoms with E-state index in [1.165, 1.54) is 10.9 Å². The average Bonchev–Trinajstić information content (AvgIpc) is 3.27. The van der Waals surface area contributed by atoms with E-state index in [0.717, 1.165) is 52.8 Å². The zero-order valence-corrected chi connectivity index (χ0v) is 19.6. The second-order valence-corrected chi connectivity index (χ2v) is 7.87. The molecule has 0 saturated carbocycles. The molecule has 35 heavy (non-hydrogen) atoms. The lowest BCUT2D eigenvalue weighted by atomic mass is 10.1. The van der Waals surface area contributed by atoms with E-state index in [1.807, 2.05) is 49.5 Å². The first-order chi connectivity index (χ1) is 16.8. The number of aromatic amines is 1. The van der Waals surface area contributed by atoms with Gasteiger partial charge in [-0.2, -0.15) is 0 Å². The van der Waals surface area contributed by atoms with Crippen LogP contribution < -0.4 is 10.6 Å². The summed E-state index contributed by atoms with van der Waals surface area (Å²) in [6, 6.07) is 16.2. The van der Waals surface area contributed by atoms with Gasteiger partial charge in [0, 0.05) is 28.2 Å². The highest BCUT2D eigenvalue weighted by molar-refractivity contribution is 6.27. The van der Waals surface area contributed by atoms with Gasteiger partial charge in [0.2, 0.25) is 5.91 Å². The van der Waals surface area contributed by atoms with Crippen LogP contribution >= 0.6 is 0 Å². The predicted molar refractivity (Wildman–Crippen MR) is 135 cm³/mol. The molecule has 0 bridgehead atoms. The molecule has 4 aromatic rings. The van der Waals surface area contributed by atoms with E-state index in [9.17, 15) is 4.79 Å². The number of carboxylic acid groups (broad SMARTS) is 2.